The minimum absolute atomic E-state index is 0.0286. The second-order valence-electron chi connectivity index (χ2n) is 2.48. The van der Waals surface area contributed by atoms with Crippen LogP contribution >= 0.6 is 0 Å². The van der Waals surface area contributed by atoms with Gasteiger partial charge in [-0.15, -0.1) is 0 Å². The van der Waals surface area contributed by atoms with Crippen LogP contribution in [0.25, 0.3) is 0 Å². The molecule has 3 nitrogen and oxygen atoms in total. The van der Waals surface area contributed by atoms with E-state index < -0.39 is 0 Å². The number of hydrogen-bond donors (Lipinski definition) is 1. The first kappa shape index (κ1) is 9.00. The van der Waals surface area contributed by atoms with Crippen LogP contribution in [0.2, 0.25) is 0 Å². The number of aliphatic hydroxyl groups is 1. The Morgan fingerprint density at radius 3 is 3.00 bits per heavy atom. The smallest absolute Gasteiger partial charge is 0.210 e. The van der Waals surface area contributed by atoms with E-state index in [1.165, 1.54) is 0 Å². The number of ether oxygens (including phenoxy) is 1. The van der Waals surface area contributed by atoms with Crippen LogP contribution in [0, 0.1) is 0 Å². The molecule has 0 spiro atoms. The maximum Gasteiger partial charge on any atom is 0.210 e. The third-order valence-electron chi connectivity index (χ3n) is 1.61. The maximum absolute atomic E-state index is 8.76. The van der Waals surface area contributed by atoms with Crippen molar-refractivity contribution >= 4 is 5.90 Å². The molecule has 1 atom stereocenters. The molecule has 0 fully saturated rings. The molecule has 0 heterocycles. The highest BCUT2D eigenvalue weighted by molar-refractivity contribution is 5.77. The third kappa shape index (κ3) is 2.51. The third-order valence-corrected chi connectivity index (χ3v) is 1.61. The Kier molecular flexibility index (Phi) is 3.54. The summed E-state index contributed by atoms with van der Waals surface area (Å²) in [5.74, 6) is 0.389. The van der Waals surface area contributed by atoms with E-state index in [2.05, 4.69) is 4.99 Å². The minimum atomic E-state index is -0.134. The Labute approximate surface area is 72.1 Å². The number of aliphatic imine (C=N–C) groups is 1. The molecule has 12 heavy (non-hydrogen) atoms. The van der Waals surface area contributed by atoms with Gasteiger partial charge in [0.25, 0.3) is 0 Å². The van der Waals surface area contributed by atoms with Gasteiger partial charge in [-0.1, -0.05) is 18.2 Å². The van der Waals surface area contributed by atoms with Crippen LogP contribution in [-0.2, 0) is 4.74 Å². The van der Waals surface area contributed by atoms with Crippen LogP contribution in [-0.4, -0.2) is 30.8 Å². The van der Waals surface area contributed by atoms with Crippen molar-refractivity contribution in [3.8, 4) is 0 Å². The van der Waals surface area contributed by atoms with Gasteiger partial charge in [0, 0.05) is 13.5 Å². The summed E-state index contributed by atoms with van der Waals surface area (Å²) in [4.78, 5) is 3.79. The molecule has 0 radical (unpaired) electrons. The van der Waals surface area contributed by atoms with E-state index in [1.807, 2.05) is 24.3 Å². The largest absolute Gasteiger partial charge is 0.471 e. The van der Waals surface area contributed by atoms with E-state index in [9.17, 15) is 0 Å². The Balaban J connectivity index is 2.40. The average molecular weight is 167 g/mol. The van der Waals surface area contributed by atoms with E-state index >= 15 is 0 Å². The van der Waals surface area contributed by atoms with Gasteiger partial charge in [0.15, 0.2) is 0 Å². The zero-order chi connectivity index (χ0) is 8.81. The molecule has 0 bridgehead atoms. The van der Waals surface area contributed by atoms with Crippen molar-refractivity contribution in [1.29, 1.82) is 0 Å². The van der Waals surface area contributed by atoms with Crippen LogP contribution < -0.4 is 0 Å². The molecule has 0 aromatic carbocycles. The summed E-state index contributed by atoms with van der Waals surface area (Å²) >= 11 is 0. The molecule has 0 saturated heterocycles. The molecule has 0 unspecified atom stereocenters. The molecule has 1 rings (SSSR count). The second-order valence-corrected chi connectivity index (χ2v) is 2.48. The lowest BCUT2D eigenvalue weighted by atomic mass is 10.1. The van der Waals surface area contributed by atoms with Gasteiger partial charge in [-0.2, -0.15) is 0 Å². The number of aliphatic hydroxyl groups excluding tert-OH is 1. The number of nitrogens with zero attached hydrogens (tertiary/aromatic N) is 1. The minimum Gasteiger partial charge on any atom is -0.471 e. The maximum atomic E-state index is 8.76. The zero-order valence-electron chi connectivity index (χ0n) is 7.10. The first-order valence-electron chi connectivity index (χ1n) is 3.93. The summed E-state index contributed by atoms with van der Waals surface area (Å²) < 4.78 is 5.35. The van der Waals surface area contributed by atoms with Gasteiger partial charge < -0.3 is 9.84 Å². The van der Waals surface area contributed by atoms with Crippen LogP contribution in [0.15, 0.2) is 29.3 Å². The first-order valence-corrected chi connectivity index (χ1v) is 3.93. The molecular formula is C9H13NO2. The van der Waals surface area contributed by atoms with Gasteiger partial charge in [-0.3, -0.25) is 4.99 Å². The summed E-state index contributed by atoms with van der Waals surface area (Å²) in [6.07, 6.45) is 8.74. The van der Waals surface area contributed by atoms with E-state index in [-0.39, 0.29) is 12.7 Å². The molecule has 1 N–H and O–H groups in total. The van der Waals surface area contributed by atoms with Crippen molar-refractivity contribution < 1.29 is 9.84 Å². The topological polar surface area (TPSA) is 41.8 Å². The zero-order valence-corrected chi connectivity index (χ0v) is 7.10. The van der Waals surface area contributed by atoms with Crippen molar-refractivity contribution in [3.63, 3.8) is 0 Å². The van der Waals surface area contributed by atoms with E-state index in [4.69, 9.17) is 9.84 Å². The second kappa shape index (κ2) is 4.72. The highest BCUT2D eigenvalue weighted by Gasteiger charge is 2.08. The van der Waals surface area contributed by atoms with Gasteiger partial charge in [0.05, 0.1) is 0 Å². The number of rotatable bonds is 2. The standard InChI is InChI=1S/C9H13NO2/c1-10-9(7-11)12-8-5-3-2-4-6-8/h2-5,8,11H,6-7H2,1H3/b10-9-/t8-/m0/s1. The summed E-state index contributed by atoms with van der Waals surface area (Å²) in [5.41, 5.74) is 0. The van der Waals surface area contributed by atoms with Gasteiger partial charge >= 0.3 is 0 Å². The molecule has 66 valence electrons. The Morgan fingerprint density at radius 1 is 1.67 bits per heavy atom. The predicted octanol–water partition coefficient (Wildman–Crippen LogP) is 0.908. The Bertz CT molecular complexity index is 219. The summed E-state index contributed by atoms with van der Waals surface area (Å²) in [5, 5.41) is 8.76. The lowest BCUT2D eigenvalue weighted by Crippen LogP contribution is -2.19. The molecule has 0 amide bonds. The van der Waals surface area contributed by atoms with E-state index in [0.29, 0.717) is 5.90 Å². The molecule has 0 saturated carbocycles. The SMILES string of the molecule is C/N=C(/CO)O[C@H]1C=CC=CC1. The molecule has 0 aromatic heterocycles. The quantitative estimate of drug-likeness (QED) is 0.490. The van der Waals surface area contributed by atoms with Crippen molar-refractivity contribution in [2.75, 3.05) is 13.7 Å². The van der Waals surface area contributed by atoms with Crippen LogP contribution in [0.5, 0.6) is 0 Å². The fourth-order valence-electron chi connectivity index (χ4n) is 0.981. The van der Waals surface area contributed by atoms with Crippen LogP contribution in [0.4, 0.5) is 0 Å². The normalized spacial score (nSPS) is 22.8. The number of hydrogen-bond acceptors (Lipinski definition) is 3. The lowest BCUT2D eigenvalue weighted by Gasteiger charge is -2.15. The van der Waals surface area contributed by atoms with E-state index in [1.54, 1.807) is 7.05 Å². The molecule has 0 aliphatic heterocycles. The highest BCUT2D eigenvalue weighted by atomic mass is 16.5. The van der Waals surface area contributed by atoms with Crippen molar-refractivity contribution in [2.24, 2.45) is 4.99 Å². The Hall–Kier alpha value is -1.09. The molecule has 0 aromatic rings. The molecule has 1 aliphatic carbocycles. The van der Waals surface area contributed by atoms with Crippen molar-refractivity contribution in [1.82, 2.24) is 0 Å². The van der Waals surface area contributed by atoms with Crippen molar-refractivity contribution in [3.05, 3.63) is 24.3 Å². The summed E-state index contributed by atoms with van der Waals surface area (Å²) in [6, 6.07) is 0. The Morgan fingerprint density at radius 2 is 2.50 bits per heavy atom. The van der Waals surface area contributed by atoms with Crippen molar-refractivity contribution in [2.45, 2.75) is 12.5 Å². The molecule has 3 heteroatoms. The van der Waals surface area contributed by atoms with Gasteiger partial charge in [-0.25, -0.2) is 0 Å². The van der Waals surface area contributed by atoms with Gasteiger partial charge in [0.2, 0.25) is 5.90 Å². The molecular weight excluding hydrogens is 154 g/mol. The lowest BCUT2D eigenvalue weighted by molar-refractivity contribution is 0.206. The highest BCUT2D eigenvalue weighted by Crippen LogP contribution is 2.07. The summed E-state index contributed by atoms with van der Waals surface area (Å²) in [7, 11) is 1.61. The number of allylic oxidation sites excluding steroid dienone is 2. The summed E-state index contributed by atoms with van der Waals surface area (Å²) in [6.45, 7) is -0.134. The molecule has 1 aliphatic rings. The van der Waals surface area contributed by atoms with Crippen LogP contribution in [0.1, 0.15) is 6.42 Å². The fraction of sp³-hybridized carbons (Fsp3) is 0.444. The monoisotopic (exact) mass is 167 g/mol. The van der Waals surface area contributed by atoms with Crippen LogP contribution in [0.3, 0.4) is 0 Å². The van der Waals surface area contributed by atoms with Gasteiger partial charge in [0.1, 0.15) is 12.7 Å². The predicted molar refractivity (Wildman–Crippen MR) is 48.2 cm³/mol. The first-order chi connectivity index (χ1) is 5.86. The fourth-order valence-corrected chi connectivity index (χ4v) is 0.981. The van der Waals surface area contributed by atoms with Gasteiger partial charge in [-0.05, 0) is 6.08 Å². The van der Waals surface area contributed by atoms with E-state index in [0.717, 1.165) is 6.42 Å². The average Bonchev–Trinajstić information content (AvgIpc) is 2.16.